The van der Waals surface area contributed by atoms with Gasteiger partial charge in [0, 0.05) is 45.9 Å². The van der Waals surface area contributed by atoms with Gasteiger partial charge in [0.1, 0.15) is 11.5 Å². The van der Waals surface area contributed by atoms with Crippen molar-refractivity contribution in [3.8, 4) is 0 Å². The third-order valence-electron chi connectivity index (χ3n) is 7.70. The fourth-order valence-electron chi connectivity index (χ4n) is 5.43. The van der Waals surface area contributed by atoms with Crippen LogP contribution >= 0.6 is 11.3 Å². The van der Waals surface area contributed by atoms with Gasteiger partial charge in [-0.2, -0.15) is 4.98 Å². The molecule has 0 radical (unpaired) electrons. The van der Waals surface area contributed by atoms with Crippen molar-refractivity contribution in [1.29, 1.82) is 0 Å². The van der Waals surface area contributed by atoms with Gasteiger partial charge in [-0.15, -0.1) is 0 Å². The number of carbonyl (C=O) groups excluding carboxylic acids is 1. The van der Waals surface area contributed by atoms with Gasteiger partial charge in [-0.05, 0) is 56.2 Å². The van der Waals surface area contributed by atoms with Crippen molar-refractivity contribution < 1.29 is 14.6 Å². The molecule has 3 aromatic rings. The first kappa shape index (κ1) is 25.3. The molecular weight excluding hydrogens is 502 g/mol. The molecule has 3 aliphatic heterocycles. The Balaban J connectivity index is 1.27. The van der Waals surface area contributed by atoms with Gasteiger partial charge >= 0.3 is 0 Å². The molecule has 38 heavy (non-hydrogen) atoms. The highest BCUT2D eigenvalue weighted by Crippen LogP contribution is 2.35. The Morgan fingerprint density at radius 1 is 0.974 bits per heavy atom. The summed E-state index contributed by atoms with van der Waals surface area (Å²) in [6, 6.07) is 7.62. The van der Waals surface area contributed by atoms with Gasteiger partial charge in [-0.25, -0.2) is 9.97 Å². The van der Waals surface area contributed by atoms with Gasteiger partial charge in [0.05, 0.1) is 23.6 Å². The number of hydrogen-bond donors (Lipinski definition) is 2. The molecule has 6 rings (SSSR count). The first-order valence-electron chi connectivity index (χ1n) is 13.7. The van der Waals surface area contributed by atoms with Gasteiger partial charge in [0.15, 0.2) is 16.6 Å². The summed E-state index contributed by atoms with van der Waals surface area (Å²) in [5.74, 6) is 1.70. The number of ether oxygens (including phenoxy) is 1. The number of thiazole rings is 1. The van der Waals surface area contributed by atoms with Crippen molar-refractivity contribution in [2.75, 3.05) is 79.1 Å². The number of nitrogens with one attached hydrogen (secondary N) is 1. The summed E-state index contributed by atoms with van der Waals surface area (Å²) in [6.45, 7) is 6.78. The second-order valence-electron chi connectivity index (χ2n) is 10.3. The summed E-state index contributed by atoms with van der Waals surface area (Å²) >= 11 is 1.61. The van der Waals surface area contributed by atoms with Gasteiger partial charge < -0.3 is 29.9 Å². The minimum absolute atomic E-state index is 0.231. The quantitative estimate of drug-likeness (QED) is 0.489. The van der Waals surface area contributed by atoms with E-state index in [4.69, 9.17) is 19.7 Å². The zero-order valence-electron chi connectivity index (χ0n) is 21.6. The van der Waals surface area contributed by atoms with Crippen molar-refractivity contribution in [2.45, 2.75) is 32.1 Å². The predicted octanol–water partition coefficient (Wildman–Crippen LogP) is 3.37. The van der Waals surface area contributed by atoms with Crippen LogP contribution in [-0.2, 0) is 4.74 Å². The number of amides is 1. The predicted molar refractivity (Wildman–Crippen MR) is 151 cm³/mol. The molecular formula is C27H35N7O3S. The SMILES string of the molecule is O=C(Nc1cc2sc(N3CCOCC3)nc2nc1N1CCCCC1)c1cccc(N2CCC(CO)CC2)n1. The second kappa shape index (κ2) is 11.4. The highest BCUT2D eigenvalue weighted by atomic mass is 32.1. The zero-order chi connectivity index (χ0) is 25.9. The lowest BCUT2D eigenvalue weighted by Gasteiger charge is -2.32. The normalized spacial score (nSPS) is 19.2. The van der Waals surface area contributed by atoms with E-state index in [1.165, 1.54) is 6.42 Å². The summed E-state index contributed by atoms with van der Waals surface area (Å²) in [5.41, 5.74) is 1.81. The van der Waals surface area contributed by atoms with Crippen molar-refractivity contribution in [3.05, 3.63) is 30.0 Å². The van der Waals surface area contributed by atoms with E-state index in [0.29, 0.717) is 30.5 Å². The maximum atomic E-state index is 13.5. The molecule has 0 aromatic carbocycles. The first-order chi connectivity index (χ1) is 18.7. The summed E-state index contributed by atoms with van der Waals surface area (Å²) in [4.78, 5) is 34.7. The largest absolute Gasteiger partial charge is 0.396 e. The molecule has 3 aliphatic rings. The lowest BCUT2D eigenvalue weighted by atomic mass is 9.98. The van der Waals surface area contributed by atoms with Gasteiger partial charge in [-0.1, -0.05) is 17.4 Å². The summed E-state index contributed by atoms with van der Waals surface area (Å²) < 4.78 is 6.46. The average Bonchev–Trinajstić information content (AvgIpc) is 3.41. The van der Waals surface area contributed by atoms with Crippen LogP contribution in [0.4, 0.5) is 22.5 Å². The van der Waals surface area contributed by atoms with Crippen LogP contribution in [0.5, 0.6) is 0 Å². The van der Waals surface area contributed by atoms with Crippen molar-refractivity contribution in [2.24, 2.45) is 5.92 Å². The number of pyridine rings is 2. The molecule has 0 atom stereocenters. The molecule has 11 heteroatoms. The van der Waals surface area contributed by atoms with Gasteiger partial charge in [-0.3, -0.25) is 4.79 Å². The molecule has 3 aromatic heterocycles. The van der Waals surface area contributed by atoms with Crippen LogP contribution in [-0.4, -0.2) is 85.1 Å². The molecule has 3 saturated heterocycles. The van der Waals surface area contributed by atoms with E-state index in [2.05, 4.69) is 20.0 Å². The third kappa shape index (κ3) is 5.41. The number of piperidine rings is 2. The van der Waals surface area contributed by atoms with Crippen molar-refractivity contribution in [1.82, 2.24) is 15.0 Å². The van der Waals surface area contributed by atoms with E-state index >= 15 is 0 Å². The Morgan fingerprint density at radius 3 is 2.53 bits per heavy atom. The summed E-state index contributed by atoms with van der Waals surface area (Å²) in [7, 11) is 0. The molecule has 10 nitrogen and oxygen atoms in total. The number of aliphatic hydroxyl groups excluding tert-OH is 1. The Labute approximate surface area is 226 Å². The second-order valence-corrected chi connectivity index (χ2v) is 11.3. The van der Waals surface area contributed by atoms with E-state index in [1.807, 2.05) is 18.2 Å². The highest BCUT2D eigenvalue weighted by molar-refractivity contribution is 7.22. The molecule has 3 fully saturated rings. The number of hydrogen-bond acceptors (Lipinski definition) is 10. The fourth-order valence-corrected chi connectivity index (χ4v) is 6.43. The first-order valence-corrected chi connectivity index (χ1v) is 14.5. The topological polar surface area (TPSA) is 107 Å². The van der Waals surface area contributed by atoms with Crippen LogP contribution in [0, 0.1) is 5.92 Å². The Bertz CT molecular complexity index is 1260. The Kier molecular flexibility index (Phi) is 7.57. The highest BCUT2D eigenvalue weighted by Gasteiger charge is 2.24. The molecule has 0 aliphatic carbocycles. The van der Waals surface area contributed by atoms with E-state index in [-0.39, 0.29) is 12.5 Å². The molecule has 6 heterocycles. The van der Waals surface area contributed by atoms with Gasteiger partial charge in [0.25, 0.3) is 5.91 Å². The van der Waals surface area contributed by atoms with Crippen LogP contribution in [0.25, 0.3) is 10.3 Å². The number of aliphatic hydroxyl groups is 1. The molecule has 0 saturated carbocycles. The van der Waals surface area contributed by atoms with Crippen LogP contribution in [0.3, 0.4) is 0 Å². The number of nitrogens with zero attached hydrogens (tertiary/aromatic N) is 6. The van der Waals surface area contributed by atoms with Crippen molar-refractivity contribution >= 4 is 50.0 Å². The van der Waals surface area contributed by atoms with Crippen molar-refractivity contribution in [3.63, 3.8) is 0 Å². The molecule has 0 spiro atoms. The molecule has 1 amide bonds. The Hall–Kier alpha value is -3.02. The molecule has 202 valence electrons. The number of carbonyl (C=O) groups is 1. The molecule has 0 bridgehead atoms. The lowest BCUT2D eigenvalue weighted by Crippen LogP contribution is -2.36. The number of fused-ring (bicyclic) bond motifs is 1. The smallest absolute Gasteiger partial charge is 0.274 e. The van der Waals surface area contributed by atoms with Crippen LogP contribution < -0.4 is 20.0 Å². The van der Waals surface area contributed by atoms with Crippen LogP contribution in [0.1, 0.15) is 42.6 Å². The Morgan fingerprint density at radius 2 is 1.76 bits per heavy atom. The fraction of sp³-hybridized carbons (Fsp3) is 0.556. The van der Waals surface area contributed by atoms with E-state index in [1.54, 1.807) is 17.4 Å². The minimum Gasteiger partial charge on any atom is -0.396 e. The monoisotopic (exact) mass is 537 g/mol. The lowest BCUT2D eigenvalue weighted by molar-refractivity contribution is 0.102. The summed E-state index contributed by atoms with van der Waals surface area (Å²) in [5, 5.41) is 13.5. The molecule has 0 unspecified atom stereocenters. The third-order valence-corrected chi connectivity index (χ3v) is 8.75. The number of rotatable bonds is 6. The van der Waals surface area contributed by atoms with Gasteiger partial charge in [0.2, 0.25) is 0 Å². The average molecular weight is 538 g/mol. The molecule has 2 N–H and O–H groups in total. The maximum Gasteiger partial charge on any atom is 0.274 e. The number of morpholine rings is 1. The zero-order valence-corrected chi connectivity index (χ0v) is 22.5. The summed E-state index contributed by atoms with van der Waals surface area (Å²) in [6.07, 6.45) is 5.30. The number of aromatic nitrogens is 3. The van der Waals surface area contributed by atoms with E-state index < -0.39 is 0 Å². The van der Waals surface area contributed by atoms with E-state index in [9.17, 15) is 9.90 Å². The minimum atomic E-state index is -0.241. The maximum absolute atomic E-state index is 13.5. The van der Waals surface area contributed by atoms with E-state index in [0.717, 1.165) is 92.1 Å². The number of anilines is 4. The standard InChI is InChI=1S/C27H35N7O3S/c35-18-19-7-11-32(12-8-19)23-6-4-5-20(28-23)26(36)29-21-17-22-24(30-25(21)33-9-2-1-3-10-33)31-27(38-22)34-13-15-37-16-14-34/h4-6,17,19,35H,1-3,7-16,18H2,(H,29,36). The van der Waals surface area contributed by atoms with Crippen LogP contribution in [0.15, 0.2) is 24.3 Å². The van der Waals surface area contributed by atoms with Crippen LogP contribution in [0.2, 0.25) is 0 Å².